The van der Waals surface area contributed by atoms with Crippen LogP contribution in [-0.2, 0) is 0 Å². The highest BCUT2D eigenvalue weighted by molar-refractivity contribution is 7.13. The van der Waals surface area contributed by atoms with Crippen LogP contribution in [0.3, 0.4) is 0 Å². The van der Waals surface area contributed by atoms with E-state index < -0.39 is 0 Å². The Balaban J connectivity index is 1.83. The molecule has 0 fully saturated rings. The lowest BCUT2D eigenvalue weighted by atomic mass is 10.1. The van der Waals surface area contributed by atoms with Crippen molar-refractivity contribution in [2.75, 3.05) is 6.61 Å². The van der Waals surface area contributed by atoms with Gasteiger partial charge in [-0.05, 0) is 55.7 Å². The maximum absolute atomic E-state index is 12.0. The van der Waals surface area contributed by atoms with Crippen LogP contribution in [0, 0.1) is 12.8 Å². The second-order valence-electron chi connectivity index (χ2n) is 5.70. The number of ether oxygens (including phenoxy) is 1. The van der Waals surface area contributed by atoms with Crippen LogP contribution in [0.25, 0.3) is 0 Å². The highest BCUT2D eigenvalue weighted by atomic mass is 32.1. The largest absolute Gasteiger partial charge is 0.494 e. The van der Waals surface area contributed by atoms with Crippen molar-refractivity contribution in [3.8, 4) is 5.75 Å². The summed E-state index contributed by atoms with van der Waals surface area (Å²) in [7, 11) is 0. The van der Waals surface area contributed by atoms with E-state index in [-0.39, 0.29) is 5.91 Å². The zero-order valence-corrected chi connectivity index (χ0v) is 14.5. The van der Waals surface area contributed by atoms with Crippen molar-refractivity contribution < 1.29 is 9.53 Å². The average Bonchev–Trinajstić information content (AvgIpc) is 2.93. The zero-order chi connectivity index (χ0) is 16.7. The Morgan fingerprint density at radius 2 is 2.00 bits per heavy atom. The van der Waals surface area contributed by atoms with E-state index >= 15 is 0 Å². The van der Waals surface area contributed by atoms with Crippen LogP contribution in [0.1, 0.15) is 40.4 Å². The fourth-order valence-corrected chi connectivity index (χ4v) is 2.61. The predicted octanol–water partition coefficient (Wildman–Crippen LogP) is 4.25. The van der Waals surface area contributed by atoms with E-state index in [0.717, 1.165) is 17.0 Å². The van der Waals surface area contributed by atoms with Gasteiger partial charge in [0.25, 0.3) is 5.91 Å². The van der Waals surface area contributed by atoms with Crippen molar-refractivity contribution in [3.05, 3.63) is 51.7 Å². The normalized spacial score (nSPS) is 11.1. The van der Waals surface area contributed by atoms with E-state index in [1.807, 2.05) is 31.2 Å². The van der Waals surface area contributed by atoms with Gasteiger partial charge >= 0.3 is 0 Å². The topological polar surface area (TPSA) is 50.7 Å². The minimum absolute atomic E-state index is 0.233. The van der Waals surface area contributed by atoms with Crippen molar-refractivity contribution in [1.82, 2.24) is 5.43 Å². The van der Waals surface area contributed by atoms with E-state index in [1.165, 1.54) is 4.88 Å². The summed E-state index contributed by atoms with van der Waals surface area (Å²) in [6.07, 6.45) is 2.66. The van der Waals surface area contributed by atoms with Crippen LogP contribution in [0.5, 0.6) is 5.75 Å². The van der Waals surface area contributed by atoms with Gasteiger partial charge in [0.1, 0.15) is 5.75 Å². The fraction of sp³-hybridized carbons (Fsp3) is 0.333. The maximum Gasteiger partial charge on any atom is 0.271 e. The first kappa shape index (κ1) is 17.2. The first-order chi connectivity index (χ1) is 11.0. The van der Waals surface area contributed by atoms with Crippen LogP contribution in [-0.4, -0.2) is 18.7 Å². The lowest BCUT2D eigenvalue weighted by Crippen LogP contribution is -2.17. The summed E-state index contributed by atoms with van der Waals surface area (Å²) in [4.78, 5) is 14.2. The summed E-state index contributed by atoms with van der Waals surface area (Å²) < 4.78 is 5.63. The monoisotopic (exact) mass is 330 g/mol. The quantitative estimate of drug-likeness (QED) is 0.609. The van der Waals surface area contributed by atoms with Gasteiger partial charge in [-0.3, -0.25) is 4.79 Å². The molecule has 0 saturated heterocycles. The Hall–Kier alpha value is -2.14. The second kappa shape index (κ2) is 8.48. The number of amides is 1. The summed E-state index contributed by atoms with van der Waals surface area (Å²) >= 11 is 1.63. The Morgan fingerprint density at radius 3 is 2.61 bits per heavy atom. The maximum atomic E-state index is 12.0. The van der Waals surface area contributed by atoms with Gasteiger partial charge in [-0.25, -0.2) is 5.43 Å². The number of carbonyl (C=O) groups is 1. The molecule has 1 aromatic heterocycles. The summed E-state index contributed by atoms with van der Waals surface area (Å²) in [6.45, 7) is 7.04. The molecule has 122 valence electrons. The lowest BCUT2D eigenvalue weighted by molar-refractivity contribution is 0.0955. The molecule has 0 atom stereocenters. The number of aryl methyl sites for hydroxylation is 1. The van der Waals surface area contributed by atoms with Gasteiger partial charge in [0.2, 0.25) is 0 Å². The smallest absolute Gasteiger partial charge is 0.271 e. The van der Waals surface area contributed by atoms with Crippen LogP contribution in [0.4, 0.5) is 0 Å². The molecule has 0 bridgehead atoms. The Bertz CT molecular complexity index is 660. The number of nitrogens with zero attached hydrogens (tertiary/aromatic N) is 1. The van der Waals surface area contributed by atoms with Crippen LogP contribution in [0.2, 0.25) is 0 Å². The molecule has 0 unspecified atom stereocenters. The molecule has 23 heavy (non-hydrogen) atoms. The molecule has 0 aliphatic rings. The highest BCUT2D eigenvalue weighted by Gasteiger charge is 2.04. The van der Waals surface area contributed by atoms with Gasteiger partial charge in [0.15, 0.2) is 0 Å². The first-order valence-electron chi connectivity index (χ1n) is 7.67. The van der Waals surface area contributed by atoms with E-state index in [0.29, 0.717) is 18.1 Å². The fourth-order valence-electron chi connectivity index (χ4n) is 1.86. The SMILES string of the molecule is Cc1ccc(C=NNC(=O)c2ccc(OCCC(C)C)cc2)s1. The third-order valence-corrected chi connectivity index (χ3v) is 4.13. The van der Waals surface area contributed by atoms with E-state index in [2.05, 4.69) is 24.4 Å². The predicted molar refractivity (Wildman–Crippen MR) is 95.5 cm³/mol. The van der Waals surface area contributed by atoms with Crippen LogP contribution >= 0.6 is 11.3 Å². The third-order valence-electron chi connectivity index (χ3n) is 3.20. The Labute approximate surface area is 141 Å². The molecule has 0 saturated carbocycles. The van der Waals surface area contributed by atoms with E-state index in [4.69, 9.17) is 4.74 Å². The van der Waals surface area contributed by atoms with Gasteiger partial charge in [-0.15, -0.1) is 11.3 Å². The second-order valence-corrected chi connectivity index (χ2v) is 7.02. The molecule has 1 amide bonds. The standard InChI is InChI=1S/C18H22N2O2S/c1-13(2)10-11-22-16-7-5-15(6-8-16)18(21)20-19-12-17-9-4-14(3)23-17/h4-9,12-13H,10-11H2,1-3H3,(H,20,21). The number of thiophene rings is 1. The van der Waals surface area contributed by atoms with Gasteiger partial charge in [0.05, 0.1) is 12.8 Å². The van der Waals surface area contributed by atoms with Crippen molar-refractivity contribution >= 4 is 23.5 Å². The van der Waals surface area contributed by atoms with Crippen LogP contribution < -0.4 is 10.2 Å². The number of rotatable bonds is 7. The Kier molecular flexibility index (Phi) is 6.35. The number of nitrogens with one attached hydrogen (secondary N) is 1. The molecule has 4 nitrogen and oxygen atoms in total. The molecule has 1 heterocycles. The molecule has 2 aromatic rings. The van der Waals surface area contributed by atoms with Crippen LogP contribution in [0.15, 0.2) is 41.5 Å². The van der Waals surface area contributed by atoms with Crippen molar-refractivity contribution in [1.29, 1.82) is 0 Å². The molecule has 5 heteroatoms. The van der Waals surface area contributed by atoms with Gasteiger partial charge in [-0.2, -0.15) is 5.10 Å². The van der Waals surface area contributed by atoms with Crippen molar-refractivity contribution in [3.63, 3.8) is 0 Å². The molecule has 0 aliphatic carbocycles. The van der Waals surface area contributed by atoms with Gasteiger partial charge in [-0.1, -0.05) is 13.8 Å². The minimum atomic E-state index is -0.233. The third kappa shape index (κ3) is 5.87. The molecule has 0 aliphatic heterocycles. The lowest BCUT2D eigenvalue weighted by Gasteiger charge is -2.08. The molecular weight excluding hydrogens is 308 g/mol. The molecule has 1 aromatic carbocycles. The average molecular weight is 330 g/mol. The summed E-state index contributed by atoms with van der Waals surface area (Å²) in [5.74, 6) is 1.16. The summed E-state index contributed by atoms with van der Waals surface area (Å²) in [6, 6.07) is 11.1. The number of hydrogen-bond acceptors (Lipinski definition) is 4. The van der Waals surface area contributed by atoms with E-state index in [9.17, 15) is 4.79 Å². The van der Waals surface area contributed by atoms with E-state index in [1.54, 1.807) is 29.7 Å². The number of carbonyl (C=O) groups excluding carboxylic acids is 1. The number of benzene rings is 1. The minimum Gasteiger partial charge on any atom is -0.494 e. The van der Waals surface area contributed by atoms with Gasteiger partial charge in [0, 0.05) is 15.3 Å². The Morgan fingerprint density at radius 1 is 1.26 bits per heavy atom. The van der Waals surface area contributed by atoms with Crippen molar-refractivity contribution in [2.45, 2.75) is 27.2 Å². The molecule has 0 spiro atoms. The summed E-state index contributed by atoms with van der Waals surface area (Å²) in [5.41, 5.74) is 3.09. The van der Waals surface area contributed by atoms with Crippen molar-refractivity contribution in [2.24, 2.45) is 11.0 Å². The summed E-state index contributed by atoms with van der Waals surface area (Å²) in [5, 5.41) is 3.98. The number of hydrazone groups is 1. The molecular formula is C18H22N2O2S. The first-order valence-corrected chi connectivity index (χ1v) is 8.49. The molecule has 0 radical (unpaired) electrons. The molecule has 2 rings (SSSR count). The zero-order valence-electron chi connectivity index (χ0n) is 13.7. The number of hydrogen-bond donors (Lipinski definition) is 1. The van der Waals surface area contributed by atoms with Gasteiger partial charge < -0.3 is 4.74 Å². The highest BCUT2D eigenvalue weighted by Crippen LogP contribution is 2.14. The molecule has 1 N–H and O–H groups in total.